The minimum Gasteiger partial charge on any atom is -0.332 e. The zero-order valence-electron chi connectivity index (χ0n) is 7.43. The molecule has 3 nitrogen and oxygen atoms in total. The summed E-state index contributed by atoms with van der Waals surface area (Å²) < 4.78 is 23.5. The first-order valence-corrected chi connectivity index (χ1v) is 4.51. The number of nitrogens with one attached hydrogen (secondary N) is 1. The van der Waals surface area contributed by atoms with Gasteiger partial charge in [-0.05, 0) is 19.3 Å². The molecular weight excluding hydrogens is 178 g/mol. The summed E-state index contributed by atoms with van der Waals surface area (Å²) in [6, 6.07) is -0.361. The van der Waals surface area contributed by atoms with Gasteiger partial charge in [0.25, 0.3) is 6.43 Å². The van der Waals surface area contributed by atoms with E-state index in [4.69, 9.17) is 0 Å². The quantitative estimate of drug-likeness (QED) is 0.705. The van der Waals surface area contributed by atoms with Gasteiger partial charge in [0.15, 0.2) is 0 Å². The van der Waals surface area contributed by atoms with E-state index in [-0.39, 0.29) is 6.03 Å². The van der Waals surface area contributed by atoms with Crippen LogP contribution in [0.25, 0.3) is 0 Å². The molecule has 1 fully saturated rings. The van der Waals surface area contributed by atoms with E-state index in [1.165, 1.54) is 0 Å². The summed E-state index contributed by atoms with van der Waals surface area (Å²) in [6.07, 6.45) is 0.608. The second-order valence-electron chi connectivity index (χ2n) is 3.12. The Morgan fingerprint density at radius 3 is 2.46 bits per heavy atom. The molecule has 1 heterocycles. The minimum absolute atomic E-state index is 0.361. The summed E-state index contributed by atoms with van der Waals surface area (Å²) in [5, 5.41) is 2.19. The molecule has 0 atom stereocenters. The zero-order chi connectivity index (χ0) is 9.68. The Hall–Kier alpha value is -0.870. The predicted molar refractivity (Wildman–Crippen MR) is 44.8 cm³/mol. The molecule has 1 aliphatic heterocycles. The van der Waals surface area contributed by atoms with Gasteiger partial charge in [0.1, 0.15) is 0 Å². The van der Waals surface area contributed by atoms with Gasteiger partial charge in [-0.25, -0.2) is 13.6 Å². The molecule has 0 unspecified atom stereocenters. The predicted octanol–water partition coefficient (Wildman–Crippen LogP) is 1.45. The van der Waals surface area contributed by atoms with Crippen LogP contribution in [0.15, 0.2) is 0 Å². The first kappa shape index (κ1) is 10.2. The van der Waals surface area contributed by atoms with Crippen LogP contribution < -0.4 is 5.32 Å². The monoisotopic (exact) mass is 192 g/mol. The van der Waals surface area contributed by atoms with Crippen molar-refractivity contribution < 1.29 is 13.6 Å². The Morgan fingerprint density at radius 2 is 1.92 bits per heavy atom. The highest BCUT2D eigenvalue weighted by Crippen LogP contribution is 2.08. The van der Waals surface area contributed by atoms with Crippen LogP contribution in [-0.4, -0.2) is 37.0 Å². The Balaban J connectivity index is 2.21. The third-order valence-electron chi connectivity index (χ3n) is 2.05. The number of nitrogens with zero attached hydrogens (tertiary/aromatic N) is 1. The molecule has 0 saturated carbocycles. The fraction of sp³-hybridized carbons (Fsp3) is 0.875. The summed E-state index contributed by atoms with van der Waals surface area (Å²) in [7, 11) is 0. The van der Waals surface area contributed by atoms with Crippen LogP contribution in [0.3, 0.4) is 0 Å². The molecule has 1 rings (SSSR count). The Labute approximate surface area is 76.1 Å². The largest absolute Gasteiger partial charge is 0.332 e. The SMILES string of the molecule is O=C(NCC(F)F)N1CCCCC1. The number of rotatable bonds is 2. The topological polar surface area (TPSA) is 32.3 Å². The van der Waals surface area contributed by atoms with Crippen LogP contribution in [0, 0.1) is 0 Å². The second-order valence-corrected chi connectivity index (χ2v) is 3.12. The summed E-state index contributed by atoms with van der Waals surface area (Å²) in [5.74, 6) is 0. The number of hydrogen-bond donors (Lipinski definition) is 1. The molecule has 0 aromatic heterocycles. The minimum atomic E-state index is -2.46. The van der Waals surface area contributed by atoms with Crippen molar-refractivity contribution >= 4 is 6.03 Å². The molecule has 1 saturated heterocycles. The smallest absolute Gasteiger partial charge is 0.317 e. The van der Waals surface area contributed by atoms with Crippen molar-refractivity contribution in [1.29, 1.82) is 0 Å². The fourth-order valence-electron chi connectivity index (χ4n) is 1.37. The maximum absolute atomic E-state index is 11.7. The van der Waals surface area contributed by atoms with E-state index >= 15 is 0 Å². The average Bonchev–Trinajstić information content (AvgIpc) is 2.15. The molecule has 0 aliphatic carbocycles. The number of halogens is 2. The van der Waals surface area contributed by atoms with Gasteiger partial charge in [0.2, 0.25) is 0 Å². The number of carbonyl (C=O) groups is 1. The fourth-order valence-corrected chi connectivity index (χ4v) is 1.37. The maximum atomic E-state index is 11.7. The van der Waals surface area contributed by atoms with Crippen molar-refractivity contribution in [2.45, 2.75) is 25.7 Å². The molecule has 76 valence electrons. The van der Waals surface area contributed by atoms with E-state index in [1.54, 1.807) is 4.90 Å². The van der Waals surface area contributed by atoms with E-state index in [1.807, 2.05) is 0 Å². The van der Waals surface area contributed by atoms with Gasteiger partial charge in [-0.3, -0.25) is 0 Å². The van der Waals surface area contributed by atoms with Crippen molar-refractivity contribution in [1.82, 2.24) is 10.2 Å². The van der Waals surface area contributed by atoms with E-state index in [0.29, 0.717) is 13.1 Å². The number of amides is 2. The number of urea groups is 1. The lowest BCUT2D eigenvalue weighted by molar-refractivity contribution is 0.137. The van der Waals surface area contributed by atoms with Gasteiger partial charge >= 0.3 is 6.03 Å². The molecule has 5 heteroatoms. The van der Waals surface area contributed by atoms with E-state index in [0.717, 1.165) is 19.3 Å². The number of likely N-dealkylation sites (tertiary alicyclic amines) is 1. The standard InChI is InChI=1S/C8H14F2N2O/c9-7(10)6-11-8(13)12-4-2-1-3-5-12/h7H,1-6H2,(H,11,13). The zero-order valence-corrected chi connectivity index (χ0v) is 7.43. The molecule has 13 heavy (non-hydrogen) atoms. The highest BCUT2D eigenvalue weighted by atomic mass is 19.3. The van der Waals surface area contributed by atoms with Crippen LogP contribution in [0.4, 0.5) is 13.6 Å². The molecular formula is C8H14F2N2O. The van der Waals surface area contributed by atoms with Gasteiger partial charge in [-0.15, -0.1) is 0 Å². The third-order valence-corrected chi connectivity index (χ3v) is 2.05. The van der Waals surface area contributed by atoms with Crippen LogP contribution in [0.1, 0.15) is 19.3 Å². The number of carbonyl (C=O) groups excluding carboxylic acids is 1. The Kier molecular flexibility index (Phi) is 3.92. The van der Waals surface area contributed by atoms with Crippen molar-refractivity contribution in [2.75, 3.05) is 19.6 Å². The molecule has 1 N–H and O–H groups in total. The lowest BCUT2D eigenvalue weighted by Crippen LogP contribution is -2.44. The summed E-state index contributed by atoms with van der Waals surface area (Å²) >= 11 is 0. The van der Waals surface area contributed by atoms with Crippen molar-refractivity contribution in [3.63, 3.8) is 0 Å². The summed E-state index contributed by atoms with van der Waals surface area (Å²) in [5.41, 5.74) is 0. The van der Waals surface area contributed by atoms with Crippen molar-refractivity contribution in [2.24, 2.45) is 0 Å². The molecule has 0 aromatic rings. The Morgan fingerprint density at radius 1 is 1.31 bits per heavy atom. The van der Waals surface area contributed by atoms with Crippen molar-refractivity contribution in [3.05, 3.63) is 0 Å². The van der Waals surface area contributed by atoms with Gasteiger partial charge in [0, 0.05) is 13.1 Å². The van der Waals surface area contributed by atoms with Gasteiger partial charge in [0.05, 0.1) is 6.54 Å². The first-order chi connectivity index (χ1) is 6.20. The Bertz CT molecular complexity index is 170. The summed E-state index contributed by atoms with van der Waals surface area (Å²) in [6.45, 7) is 0.833. The number of hydrogen-bond acceptors (Lipinski definition) is 1. The molecule has 0 radical (unpaired) electrons. The molecule has 0 bridgehead atoms. The highest BCUT2D eigenvalue weighted by Gasteiger charge is 2.16. The molecule has 0 aromatic carbocycles. The molecule has 2 amide bonds. The maximum Gasteiger partial charge on any atom is 0.317 e. The van der Waals surface area contributed by atoms with E-state index in [2.05, 4.69) is 5.32 Å². The van der Waals surface area contributed by atoms with Crippen LogP contribution in [-0.2, 0) is 0 Å². The van der Waals surface area contributed by atoms with Gasteiger partial charge in [-0.1, -0.05) is 0 Å². The van der Waals surface area contributed by atoms with Crippen LogP contribution in [0.2, 0.25) is 0 Å². The molecule has 1 aliphatic rings. The molecule has 0 spiro atoms. The number of alkyl halides is 2. The first-order valence-electron chi connectivity index (χ1n) is 4.51. The van der Waals surface area contributed by atoms with E-state index in [9.17, 15) is 13.6 Å². The summed E-state index contributed by atoms with van der Waals surface area (Å²) in [4.78, 5) is 12.8. The highest BCUT2D eigenvalue weighted by molar-refractivity contribution is 5.74. The van der Waals surface area contributed by atoms with Gasteiger partial charge in [-0.2, -0.15) is 0 Å². The van der Waals surface area contributed by atoms with Crippen LogP contribution >= 0.6 is 0 Å². The van der Waals surface area contributed by atoms with E-state index < -0.39 is 13.0 Å². The second kappa shape index (κ2) is 4.99. The third kappa shape index (κ3) is 3.57. The average molecular weight is 192 g/mol. The van der Waals surface area contributed by atoms with Gasteiger partial charge < -0.3 is 10.2 Å². The lowest BCUT2D eigenvalue weighted by atomic mass is 10.1. The van der Waals surface area contributed by atoms with Crippen molar-refractivity contribution in [3.8, 4) is 0 Å². The normalized spacial score (nSPS) is 17.6. The number of piperidine rings is 1. The lowest BCUT2D eigenvalue weighted by Gasteiger charge is -2.26. The van der Waals surface area contributed by atoms with Crippen LogP contribution in [0.5, 0.6) is 0 Å².